The van der Waals surface area contributed by atoms with Gasteiger partial charge in [-0.2, -0.15) is 4.31 Å². The van der Waals surface area contributed by atoms with E-state index in [1.807, 2.05) is 11.5 Å². The molecule has 0 aliphatic heterocycles. The third-order valence-electron chi connectivity index (χ3n) is 7.59. The Balaban J connectivity index is 1.70. The third kappa shape index (κ3) is 5.08. The molecule has 34 heavy (non-hydrogen) atoms. The Morgan fingerprint density at radius 2 is 1.65 bits per heavy atom. The molecule has 1 N–H and O–H groups in total. The molecule has 2 aliphatic carbocycles. The Labute approximate surface area is 202 Å². The van der Waals surface area contributed by atoms with Gasteiger partial charge in [0, 0.05) is 37.3 Å². The number of carbonyl (C=O) groups excluding carboxylic acids is 1. The number of carbonyl (C=O) groups is 1. The Morgan fingerprint density at radius 1 is 1.03 bits per heavy atom. The summed E-state index contributed by atoms with van der Waals surface area (Å²) in [6, 6.07) is 4.79. The number of hydrogen-bond acceptors (Lipinski definition) is 4. The van der Waals surface area contributed by atoms with Gasteiger partial charge in [0.1, 0.15) is 5.56 Å². The number of hydrogen-bond donors (Lipinski definition) is 1. The molecule has 4 rings (SSSR count). The van der Waals surface area contributed by atoms with E-state index in [9.17, 15) is 18.0 Å². The number of nitrogens with one attached hydrogen (secondary N) is 1. The molecule has 1 aromatic heterocycles. The molecule has 1 heterocycles. The lowest BCUT2D eigenvalue weighted by molar-refractivity contribution is 0.0931. The van der Waals surface area contributed by atoms with Crippen molar-refractivity contribution in [3.63, 3.8) is 0 Å². The maximum atomic E-state index is 13.4. The van der Waals surface area contributed by atoms with Crippen LogP contribution in [0.1, 0.15) is 87.9 Å². The first-order chi connectivity index (χ1) is 16.3. The molecule has 0 radical (unpaired) electrons. The fraction of sp³-hybridized carbons (Fsp3) is 0.615. The second-order valence-corrected chi connectivity index (χ2v) is 11.8. The van der Waals surface area contributed by atoms with E-state index < -0.39 is 15.5 Å². The summed E-state index contributed by atoms with van der Waals surface area (Å²) in [5, 5.41) is 3.33. The Morgan fingerprint density at radius 3 is 2.29 bits per heavy atom. The molecule has 0 atom stereocenters. The average molecular weight is 488 g/mol. The standard InChI is InChI=1S/C26H37N3O4S/c1-3-29-18-23(26(31)27-19-11-7-4-5-8-12-19)25(30)22-17-21(15-16-24(22)29)34(32,33)28(2)20-13-9-6-10-14-20/h15-20H,3-14H2,1-2H3,(H,27,31). The highest BCUT2D eigenvalue weighted by Gasteiger charge is 2.30. The molecule has 186 valence electrons. The molecule has 2 saturated carbocycles. The van der Waals surface area contributed by atoms with Gasteiger partial charge in [-0.05, 0) is 50.8 Å². The minimum atomic E-state index is -3.74. The second kappa shape index (κ2) is 10.6. The van der Waals surface area contributed by atoms with Crippen LogP contribution in [-0.2, 0) is 16.6 Å². The quantitative estimate of drug-likeness (QED) is 0.611. The van der Waals surface area contributed by atoms with Gasteiger partial charge in [-0.1, -0.05) is 44.9 Å². The van der Waals surface area contributed by atoms with Crippen molar-refractivity contribution in [2.75, 3.05) is 7.05 Å². The Kier molecular flexibility index (Phi) is 7.77. The smallest absolute Gasteiger partial charge is 0.256 e. The SMILES string of the molecule is CCn1cc(C(=O)NC2CCCCCC2)c(=O)c2cc(S(=O)(=O)N(C)C3CCCCC3)ccc21. The molecule has 8 heteroatoms. The minimum absolute atomic E-state index is 0.0153. The van der Waals surface area contributed by atoms with Gasteiger partial charge >= 0.3 is 0 Å². The van der Waals surface area contributed by atoms with Crippen LogP contribution in [0.2, 0.25) is 0 Å². The van der Waals surface area contributed by atoms with Crippen molar-refractivity contribution < 1.29 is 13.2 Å². The lowest BCUT2D eigenvalue weighted by atomic mass is 9.96. The van der Waals surface area contributed by atoms with Crippen molar-refractivity contribution >= 4 is 26.8 Å². The molecule has 1 amide bonds. The lowest BCUT2D eigenvalue weighted by Crippen LogP contribution is -2.38. The van der Waals surface area contributed by atoms with Crippen molar-refractivity contribution in [2.24, 2.45) is 0 Å². The van der Waals surface area contributed by atoms with E-state index in [1.165, 1.54) is 23.2 Å². The number of amides is 1. The van der Waals surface area contributed by atoms with Gasteiger partial charge in [0.15, 0.2) is 0 Å². The highest BCUT2D eigenvalue weighted by atomic mass is 32.2. The number of rotatable bonds is 6. The van der Waals surface area contributed by atoms with Crippen LogP contribution in [0.4, 0.5) is 0 Å². The zero-order valence-electron chi connectivity index (χ0n) is 20.4. The fourth-order valence-corrected chi connectivity index (χ4v) is 6.90. The summed E-state index contributed by atoms with van der Waals surface area (Å²) in [5.41, 5.74) is 0.301. The van der Waals surface area contributed by atoms with E-state index in [0.717, 1.165) is 57.8 Å². The molecule has 0 saturated heterocycles. The van der Waals surface area contributed by atoms with Gasteiger partial charge < -0.3 is 9.88 Å². The zero-order valence-corrected chi connectivity index (χ0v) is 21.2. The second-order valence-electron chi connectivity index (χ2n) is 9.81. The first kappa shape index (κ1) is 24.9. The topological polar surface area (TPSA) is 88.5 Å². The third-order valence-corrected chi connectivity index (χ3v) is 9.50. The van der Waals surface area contributed by atoms with Crippen LogP contribution in [0.3, 0.4) is 0 Å². The normalized spacial score (nSPS) is 18.8. The van der Waals surface area contributed by atoms with Crippen LogP contribution in [0, 0.1) is 0 Å². The molecular weight excluding hydrogens is 450 g/mol. The van der Waals surface area contributed by atoms with E-state index in [0.29, 0.717) is 12.1 Å². The van der Waals surface area contributed by atoms with Crippen molar-refractivity contribution in [1.29, 1.82) is 0 Å². The summed E-state index contributed by atoms with van der Waals surface area (Å²) in [7, 11) is -2.11. The molecule has 0 unspecified atom stereocenters. The van der Waals surface area contributed by atoms with Crippen LogP contribution in [0.5, 0.6) is 0 Å². The first-order valence-corrected chi connectivity index (χ1v) is 14.2. The molecule has 2 aromatic rings. The summed E-state index contributed by atoms with van der Waals surface area (Å²) in [4.78, 5) is 26.6. The summed E-state index contributed by atoms with van der Waals surface area (Å²) in [6.07, 6.45) is 12.9. The van der Waals surface area contributed by atoms with Gasteiger partial charge in [-0.3, -0.25) is 9.59 Å². The number of benzene rings is 1. The van der Waals surface area contributed by atoms with Gasteiger partial charge in [0.05, 0.1) is 10.4 Å². The monoisotopic (exact) mass is 487 g/mol. The van der Waals surface area contributed by atoms with E-state index in [2.05, 4.69) is 5.32 Å². The highest BCUT2D eigenvalue weighted by molar-refractivity contribution is 7.89. The van der Waals surface area contributed by atoms with Gasteiger partial charge in [0.2, 0.25) is 15.5 Å². The lowest BCUT2D eigenvalue weighted by Gasteiger charge is -2.30. The van der Waals surface area contributed by atoms with Gasteiger partial charge in [0.25, 0.3) is 5.91 Å². The zero-order chi connectivity index (χ0) is 24.3. The molecule has 2 aliphatic rings. The maximum absolute atomic E-state index is 13.4. The predicted molar refractivity (Wildman–Crippen MR) is 135 cm³/mol. The van der Waals surface area contributed by atoms with Gasteiger partial charge in [-0.25, -0.2) is 8.42 Å². The number of aryl methyl sites for hydroxylation is 1. The minimum Gasteiger partial charge on any atom is -0.349 e. The van der Waals surface area contributed by atoms with Crippen LogP contribution < -0.4 is 10.7 Å². The molecule has 1 aromatic carbocycles. The molecular formula is C26H37N3O4S. The number of sulfonamides is 1. The Bertz CT molecular complexity index is 1190. The van der Waals surface area contributed by atoms with Crippen LogP contribution in [0.25, 0.3) is 10.9 Å². The Hall–Kier alpha value is -2.19. The highest BCUT2D eigenvalue weighted by Crippen LogP contribution is 2.28. The van der Waals surface area contributed by atoms with Crippen molar-refractivity contribution in [1.82, 2.24) is 14.2 Å². The number of aromatic nitrogens is 1. The van der Waals surface area contributed by atoms with Crippen molar-refractivity contribution in [3.05, 3.63) is 40.2 Å². The molecule has 7 nitrogen and oxygen atoms in total. The van der Waals surface area contributed by atoms with Gasteiger partial charge in [-0.15, -0.1) is 0 Å². The van der Waals surface area contributed by atoms with Crippen LogP contribution >= 0.6 is 0 Å². The van der Waals surface area contributed by atoms with E-state index in [-0.39, 0.29) is 33.8 Å². The van der Waals surface area contributed by atoms with E-state index >= 15 is 0 Å². The van der Waals surface area contributed by atoms with Crippen LogP contribution in [0.15, 0.2) is 34.1 Å². The van der Waals surface area contributed by atoms with E-state index in [1.54, 1.807) is 25.4 Å². The average Bonchev–Trinajstić information content (AvgIpc) is 3.12. The maximum Gasteiger partial charge on any atom is 0.256 e. The van der Waals surface area contributed by atoms with Crippen molar-refractivity contribution in [3.8, 4) is 0 Å². The molecule has 0 bridgehead atoms. The predicted octanol–water partition coefficient (Wildman–Crippen LogP) is 4.43. The summed E-state index contributed by atoms with van der Waals surface area (Å²) in [5.74, 6) is -0.367. The van der Waals surface area contributed by atoms with Crippen LogP contribution in [-0.4, -0.2) is 42.3 Å². The molecule has 0 spiro atoms. The number of nitrogens with zero attached hydrogens (tertiary/aromatic N) is 2. The van der Waals surface area contributed by atoms with Crippen molar-refractivity contribution in [2.45, 2.75) is 101 Å². The summed E-state index contributed by atoms with van der Waals surface area (Å²) < 4.78 is 30.1. The number of fused-ring (bicyclic) bond motifs is 1. The summed E-state index contributed by atoms with van der Waals surface area (Å²) in [6.45, 7) is 2.51. The largest absolute Gasteiger partial charge is 0.349 e. The van der Waals surface area contributed by atoms with E-state index in [4.69, 9.17) is 0 Å². The first-order valence-electron chi connectivity index (χ1n) is 12.8. The molecule has 2 fully saturated rings. The summed E-state index contributed by atoms with van der Waals surface area (Å²) >= 11 is 0. The number of pyridine rings is 1. The fourth-order valence-electron chi connectivity index (χ4n) is 5.45.